The van der Waals surface area contributed by atoms with Crippen LogP contribution in [0.4, 0.5) is 0 Å². The third-order valence-electron chi connectivity index (χ3n) is 10.9. The highest BCUT2D eigenvalue weighted by atomic mass is 16.5. The molecule has 2 unspecified atom stereocenters. The lowest BCUT2D eigenvalue weighted by atomic mass is 9.85. The maximum Gasteiger partial charge on any atom is 0.325 e. The quantitative estimate of drug-likeness (QED) is 0.1000. The van der Waals surface area contributed by atoms with Gasteiger partial charge in [-0.3, -0.25) is 29.0 Å². The molecule has 1 aromatic carbocycles. The predicted octanol–water partition coefficient (Wildman–Crippen LogP) is 5.63. The number of aliphatic hydroxyl groups excluding tert-OH is 1. The second-order valence-electron chi connectivity index (χ2n) is 17.9. The number of carbonyl (C=O) groups excluding carboxylic acids is 6. The molecule has 0 saturated carbocycles. The van der Waals surface area contributed by atoms with Gasteiger partial charge in [0.2, 0.25) is 17.7 Å². The summed E-state index contributed by atoms with van der Waals surface area (Å²) in [5.74, 6) is -4.14. The molecule has 4 amide bonds. The maximum absolute atomic E-state index is 14.4. The van der Waals surface area contributed by atoms with E-state index in [2.05, 4.69) is 43.8 Å². The number of aromatic hydroxyl groups is 1. The van der Waals surface area contributed by atoms with Crippen LogP contribution in [0.2, 0.25) is 0 Å². The zero-order chi connectivity index (χ0) is 46.1. The molecular formula is C48H71N5O9. The number of ether oxygens (including phenoxy) is 1. The number of nitrogens with one attached hydrogen (secondary N) is 3. The highest BCUT2D eigenvalue weighted by molar-refractivity contribution is 5.93. The summed E-state index contributed by atoms with van der Waals surface area (Å²) in [5.41, 5.74) is 3.97. The third kappa shape index (κ3) is 16.3. The molecule has 0 spiro atoms. The smallest absolute Gasteiger partial charge is 0.325 e. The summed E-state index contributed by atoms with van der Waals surface area (Å²) in [4.78, 5) is 83.4. The predicted molar refractivity (Wildman–Crippen MR) is 239 cm³/mol. The summed E-state index contributed by atoms with van der Waals surface area (Å²) in [5, 5.41) is 28.8. The molecule has 2 aliphatic heterocycles. The van der Waals surface area contributed by atoms with Crippen molar-refractivity contribution in [2.45, 2.75) is 131 Å². The number of hydrogen-bond donors (Lipinski definition) is 5. The largest absolute Gasteiger partial charge is 0.508 e. The molecule has 2 heterocycles. The summed E-state index contributed by atoms with van der Waals surface area (Å²) in [7, 11) is 0. The van der Waals surface area contributed by atoms with Gasteiger partial charge in [0.15, 0.2) is 0 Å². The van der Waals surface area contributed by atoms with Crippen LogP contribution in [-0.4, -0.2) is 99.4 Å². The number of phenolic OH excluding ortho intramolecular Hbond substituents is 1. The Balaban J connectivity index is 2.05. The lowest BCUT2D eigenvalue weighted by Gasteiger charge is -2.36. The Morgan fingerprint density at radius 2 is 1.61 bits per heavy atom. The van der Waals surface area contributed by atoms with E-state index in [-0.39, 0.29) is 48.8 Å². The van der Waals surface area contributed by atoms with E-state index in [0.717, 1.165) is 0 Å². The van der Waals surface area contributed by atoms with Crippen molar-refractivity contribution in [3.63, 3.8) is 0 Å². The fourth-order valence-electron chi connectivity index (χ4n) is 7.47. The van der Waals surface area contributed by atoms with Crippen LogP contribution < -0.4 is 16.1 Å². The first kappa shape index (κ1) is 51.3. The monoisotopic (exact) mass is 862 g/mol. The zero-order valence-corrected chi connectivity index (χ0v) is 38.1. The van der Waals surface area contributed by atoms with Crippen LogP contribution in [-0.2, 0) is 33.5 Å². The van der Waals surface area contributed by atoms with Gasteiger partial charge in [0.05, 0.1) is 12.0 Å². The third-order valence-corrected chi connectivity index (χ3v) is 10.9. The SMILES string of the molecule is CC(=O)CC[C@H]1C(=O)N[C@@H](C(C)C)C(=O)NC(c2cccc(O)c2)C(=O)N2CCCC(N2)C(=O)O[C@H](/C(C)=C/C=C/C(=O)N(CC(C)C)CC(C)C)C/C=C/C=C/C[C@H](C)[C@H]1O. The molecule has 14 nitrogen and oxygen atoms in total. The van der Waals surface area contributed by atoms with Gasteiger partial charge in [-0.1, -0.05) is 97.1 Å². The number of fused-ring (bicyclic) bond motifs is 2. The van der Waals surface area contributed by atoms with E-state index < -0.39 is 71.8 Å². The Labute approximate surface area is 368 Å². The van der Waals surface area contributed by atoms with Crippen molar-refractivity contribution in [3.8, 4) is 5.75 Å². The lowest BCUT2D eigenvalue weighted by Crippen LogP contribution is -2.59. The van der Waals surface area contributed by atoms with Crippen molar-refractivity contribution in [3.05, 3.63) is 77.9 Å². The number of Topliss-reactive ketones (excluding diaryl/α,β-unsaturated/α-hetero) is 1. The number of rotatable bonds is 12. The van der Waals surface area contributed by atoms with Crippen molar-refractivity contribution in [2.24, 2.45) is 29.6 Å². The Morgan fingerprint density at radius 3 is 2.23 bits per heavy atom. The first-order valence-corrected chi connectivity index (χ1v) is 22.1. The van der Waals surface area contributed by atoms with Crippen LogP contribution in [0.25, 0.3) is 0 Å². The first-order chi connectivity index (χ1) is 29.3. The average molecular weight is 862 g/mol. The van der Waals surface area contributed by atoms with Crippen molar-refractivity contribution in [1.29, 1.82) is 0 Å². The van der Waals surface area contributed by atoms with Gasteiger partial charge in [-0.05, 0) is 86.5 Å². The number of hydrazine groups is 1. The average Bonchev–Trinajstić information content (AvgIpc) is 3.20. The highest BCUT2D eigenvalue weighted by Crippen LogP contribution is 2.26. The molecule has 342 valence electrons. The Hall–Kier alpha value is -5.08. The molecular weight excluding hydrogens is 791 g/mol. The van der Waals surface area contributed by atoms with E-state index in [1.165, 1.54) is 36.2 Å². The summed E-state index contributed by atoms with van der Waals surface area (Å²) in [6, 6.07) is 2.52. The number of nitrogens with zero attached hydrogens (tertiary/aromatic N) is 2. The van der Waals surface area contributed by atoms with Crippen LogP contribution in [0.3, 0.4) is 0 Å². The number of aliphatic hydroxyl groups is 1. The van der Waals surface area contributed by atoms with Crippen LogP contribution >= 0.6 is 0 Å². The lowest BCUT2D eigenvalue weighted by molar-refractivity contribution is -0.156. The van der Waals surface area contributed by atoms with Gasteiger partial charge in [-0.2, -0.15) is 0 Å². The molecule has 2 bridgehead atoms. The number of esters is 1. The maximum atomic E-state index is 14.4. The van der Waals surface area contributed by atoms with Crippen molar-refractivity contribution < 1.29 is 43.7 Å². The minimum absolute atomic E-state index is 0.0529. The molecule has 1 saturated heterocycles. The van der Waals surface area contributed by atoms with E-state index in [1.807, 2.05) is 30.1 Å². The zero-order valence-electron chi connectivity index (χ0n) is 38.1. The molecule has 5 N–H and O–H groups in total. The van der Waals surface area contributed by atoms with Crippen LogP contribution in [0.15, 0.2) is 72.4 Å². The van der Waals surface area contributed by atoms with E-state index in [1.54, 1.807) is 45.1 Å². The topological polar surface area (TPSA) is 195 Å². The molecule has 2 aliphatic rings. The van der Waals surface area contributed by atoms with Gasteiger partial charge < -0.3 is 35.3 Å². The second-order valence-corrected chi connectivity index (χ2v) is 17.9. The number of phenols is 1. The molecule has 0 aromatic heterocycles. The van der Waals surface area contributed by atoms with Gasteiger partial charge >= 0.3 is 5.97 Å². The molecule has 0 aliphatic carbocycles. The van der Waals surface area contributed by atoms with Crippen LogP contribution in [0.5, 0.6) is 5.75 Å². The number of hydrogen-bond acceptors (Lipinski definition) is 10. The fourth-order valence-corrected chi connectivity index (χ4v) is 7.47. The summed E-state index contributed by atoms with van der Waals surface area (Å²) >= 11 is 0. The van der Waals surface area contributed by atoms with Crippen LogP contribution in [0, 0.1) is 29.6 Å². The van der Waals surface area contributed by atoms with E-state index >= 15 is 0 Å². The van der Waals surface area contributed by atoms with E-state index in [0.29, 0.717) is 49.8 Å². The number of benzene rings is 1. The molecule has 62 heavy (non-hydrogen) atoms. The summed E-state index contributed by atoms with van der Waals surface area (Å²) in [6.07, 6.45) is 12.0. The number of carbonyl (C=O) groups is 6. The number of ketones is 1. The minimum atomic E-state index is -1.34. The molecule has 0 radical (unpaired) electrons. The Kier molecular flexibility index (Phi) is 20.8. The Bertz CT molecular complexity index is 1810. The van der Waals surface area contributed by atoms with Gasteiger partial charge in [-0.25, -0.2) is 5.43 Å². The van der Waals surface area contributed by atoms with Gasteiger partial charge in [0, 0.05) is 38.6 Å². The second kappa shape index (κ2) is 25.1. The van der Waals surface area contributed by atoms with Crippen molar-refractivity contribution in [1.82, 2.24) is 26.0 Å². The first-order valence-electron chi connectivity index (χ1n) is 22.1. The fraction of sp³-hybridized carbons (Fsp3) is 0.583. The van der Waals surface area contributed by atoms with Crippen LogP contribution in [0.1, 0.15) is 112 Å². The van der Waals surface area contributed by atoms with E-state index in [4.69, 9.17) is 4.74 Å². The van der Waals surface area contributed by atoms with Gasteiger partial charge in [0.1, 0.15) is 35.8 Å². The summed E-state index contributed by atoms with van der Waals surface area (Å²) < 4.78 is 6.12. The standard InChI is InChI=1S/C48H71N5O9/c1-30(2)28-52(29-31(3)4)41(56)23-14-18-33(7)40-22-13-11-10-12-17-34(8)44(57)38(25-24-35(9)54)45(58)49-42(32(5)6)46(59)50-43(36-19-15-20-37(55)27-36)47(60)53-26-16-21-39(51-53)48(61)62-40/h10-15,18-20,23,27,30-32,34,38-40,42-44,51,55,57H,16-17,21-22,24-26,28-29H2,1-9H3,(H,49,58)(H,50,59)/b12-10+,13-11+,23-14+,33-18+/t34-,38+,39?,40-,42-,43?,44+/m0/s1. The van der Waals surface area contributed by atoms with Crippen molar-refractivity contribution in [2.75, 3.05) is 19.6 Å². The number of allylic oxidation sites excluding steroid dienone is 5. The Morgan fingerprint density at radius 1 is 0.952 bits per heavy atom. The molecule has 3 rings (SSSR count). The molecule has 1 fully saturated rings. The normalized spacial score (nSPS) is 26.4. The highest BCUT2D eigenvalue weighted by Gasteiger charge is 2.38. The van der Waals surface area contributed by atoms with Gasteiger partial charge in [0.25, 0.3) is 5.91 Å². The molecule has 7 atom stereocenters. The molecule has 1 aromatic rings. The van der Waals surface area contributed by atoms with Crippen molar-refractivity contribution >= 4 is 35.4 Å². The number of amides is 4. The number of cyclic esters (lactones) is 1. The minimum Gasteiger partial charge on any atom is -0.508 e. The van der Waals surface area contributed by atoms with Gasteiger partial charge in [-0.15, -0.1) is 0 Å². The summed E-state index contributed by atoms with van der Waals surface area (Å²) in [6.45, 7) is 18.2. The molecule has 14 heteroatoms. The van der Waals surface area contributed by atoms with E-state index in [9.17, 15) is 39.0 Å².